The maximum absolute atomic E-state index is 9.57. The molecular formula is C10H21NO3. The van der Waals surface area contributed by atoms with Gasteiger partial charge in [0.25, 0.3) is 0 Å². The van der Waals surface area contributed by atoms with Gasteiger partial charge in [0.2, 0.25) is 0 Å². The Labute approximate surface area is 85.5 Å². The SMILES string of the molecule is COCC(O)CN(CCO)C1CCC1. The van der Waals surface area contributed by atoms with E-state index in [0.717, 1.165) is 0 Å². The van der Waals surface area contributed by atoms with Crippen LogP contribution >= 0.6 is 0 Å². The summed E-state index contributed by atoms with van der Waals surface area (Å²) in [7, 11) is 1.59. The highest BCUT2D eigenvalue weighted by molar-refractivity contribution is 4.81. The fourth-order valence-electron chi connectivity index (χ4n) is 1.82. The summed E-state index contributed by atoms with van der Waals surface area (Å²) in [4.78, 5) is 2.16. The molecule has 1 fully saturated rings. The van der Waals surface area contributed by atoms with Crippen molar-refractivity contribution in [2.75, 3.05) is 33.4 Å². The van der Waals surface area contributed by atoms with Crippen molar-refractivity contribution in [2.24, 2.45) is 0 Å². The number of ether oxygens (including phenoxy) is 1. The molecule has 1 aliphatic rings. The average molecular weight is 203 g/mol. The fourth-order valence-corrected chi connectivity index (χ4v) is 1.82. The predicted octanol–water partition coefficient (Wildman–Crippen LogP) is -0.160. The van der Waals surface area contributed by atoms with Gasteiger partial charge in [0.1, 0.15) is 0 Å². The molecule has 0 aromatic carbocycles. The third-order valence-electron chi connectivity index (χ3n) is 2.78. The topological polar surface area (TPSA) is 52.9 Å². The van der Waals surface area contributed by atoms with Crippen molar-refractivity contribution in [3.63, 3.8) is 0 Å². The lowest BCUT2D eigenvalue weighted by Crippen LogP contribution is -2.46. The van der Waals surface area contributed by atoms with Crippen LogP contribution in [0.4, 0.5) is 0 Å². The van der Waals surface area contributed by atoms with Crippen molar-refractivity contribution in [2.45, 2.75) is 31.4 Å². The van der Waals surface area contributed by atoms with Gasteiger partial charge in [-0.05, 0) is 12.8 Å². The third kappa shape index (κ3) is 3.53. The summed E-state index contributed by atoms with van der Waals surface area (Å²) in [6, 6.07) is 0.564. The van der Waals surface area contributed by atoms with Crippen molar-refractivity contribution in [1.29, 1.82) is 0 Å². The lowest BCUT2D eigenvalue weighted by atomic mass is 9.91. The largest absolute Gasteiger partial charge is 0.395 e. The normalized spacial score (nSPS) is 19.7. The van der Waals surface area contributed by atoms with Gasteiger partial charge in [0, 0.05) is 26.2 Å². The summed E-state index contributed by atoms with van der Waals surface area (Å²) >= 11 is 0. The standard InChI is InChI=1S/C10H21NO3/c1-14-8-10(13)7-11(5-6-12)9-3-2-4-9/h9-10,12-13H,2-8H2,1H3. The molecule has 0 aromatic heterocycles. The molecule has 0 heterocycles. The zero-order valence-corrected chi connectivity index (χ0v) is 8.85. The van der Waals surface area contributed by atoms with Gasteiger partial charge in [-0.2, -0.15) is 0 Å². The fraction of sp³-hybridized carbons (Fsp3) is 1.00. The second-order valence-corrected chi connectivity index (χ2v) is 3.91. The van der Waals surface area contributed by atoms with Crippen LogP contribution in [0.5, 0.6) is 0 Å². The molecule has 0 aromatic rings. The lowest BCUT2D eigenvalue weighted by molar-refractivity contribution is 0.00848. The molecule has 0 radical (unpaired) electrons. The molecule has 0 bridgehead atoms. The van der Waals surface area contributed by atoms with Crippen LogP contribution in [0, 0.1) is 0 Å². The maximum atomic E-state index is 9.57. The Kier molecular flexibility index (Phi) is 5.40. The van der Waals surface area contributed by atoms with Crippen LogP contribution in [-0.2, 0) is 4.74 Å². The van der Waals surface area contributed by atoms with E-state index in [2.05, 4.69) is 4.90 Å². The zero-order valence-electron chi connectivity index (χ0n) is 8.85. The molecule has 0 amide bonds. The first-order valence-corrected chi connectivity index (χ1v) is 5.29. The Morgan fingerprint density at radius 2 is 2.21 bits per heavy atom. The second kappa shape index (κ2) is 6.35. The average Bonchev–Trinajstić information content (AvgIpc) is 2.01. The minimum atomic E-state index is -0.438. The van der Waals surface area contributed by atoms with E-state index >= 15 is 0 Å². The summed E-state index contributed by atoms with van der Waals surface area (Å²) in [6.07, 6.45) is 3.22. The van der Waals surface area contributed by atoms with Gasteiger partial charge in [-0.3, -0.25) is 4.90 Å². The molecule has 1 unspecified atom stereocenters. The first-order valence-electron chi connectivity index (χ1n) is 5.29. The van der Waals surface area contributed by atoms with Gasteiger partial charge in [-0.1, -0.05) is 6.42 Å². The second-order valence-electron chi connectivity index (χ2n) is 3.91. The van der Waals surface area contributed by atoms with Gasteiger partial charge >= 0.3 is 0 Å². The zero-order chi connectivity index (χ0) is 10.4. The smallest absolute Gasteiger partial charge is 0.0900 e. The first-order chi connectivity index (χ1) is 6.77. The highest BCUT2D eigenvalue weighted by Crippen LogP contribution is 2.24. The van der Waals surface area contributed by atoms with Crippen LogP contribution in [0.2, 0.25) is 0 Å². The lowest BCUT2D eigenvalue weighted by Gasteiger charge is -2.38. The molecule has 0 spiro atoms. The number of nitrogens with zero attached hydrogens (tertiary/aromatic N) is 1. The molecule has 1 atom stereocenters. The van der Waals surface area contributed by atoms with E-state index in [1.165, 1.54) is 19.3 Å². The van der Waals surface area contributed by atoms with Crippen LogP contribution in [0.3, 0.4) is 0 Å². The summed E-state index contributed by atoms with van der Waals surface area (Å²) in [5.41, 5.74) is 0. The number of rotatable bonds is 7. The van der Waals surface area contributed by atoms with Crippen LogP contribution in [0.15, 0.2) is 0 Å². The number of aliphatic hydroxyl groups excluding tert-OH is 2. The molecule has 2 N–H and O–H groups in total. The van der Waals surface area contributed by atoms with Gasteiger partial charge in [0.05, 0.1) is 19.3 Å². The van der Waals surface area contributed by atoms with Crippen LogP contribution in [-0.4, -0.2) is 60.7 Å². The van der Waals surface area contributed by atoms with E-state index in [4.69, 9.17) is 9.84 Å². The van der Waals surface area contributed by atoms with Crippen LogP contribution < -0.4 is 0 Å². The Morgan fingerprint density at radius 3 is 2.64 bits per heavy atom. The molecule has 0 aliphatic heterocycles. The molecule has 1 saturated carbocycles. The molecule has 0 saturated heterocycles. The quantitative estimate of drug-likeness (QED) is 0.604. The van der Waals surface area contributed by atoms with Crippen molar-refractivity contribution >= 4 is 0 Å². The Balaban J connectivity index is 2.26. The molecule has 14 heavy (non-hydrogen) atoms. The summed E-state index contributed by atoms with van der Waals surface area (Å²) < 4.78 is 4.87. The number of hydrogen-bond acceptors (Lipinski definition) is 4. The third-order valence-corrected chi connectivity index (χ3v) is 2.78. The van der Waals surface area contributed by atoms with Crippen LogP contribution in [0.1, 0.15) is 19.3 Å². The maximum Gasteiger partial charge on any atom is 0.0900 e. The Morgan fingerprint density at radius 1 is 1.50 bits per heavy atom. The van der Waals surface area contributed by atoms with E-state index in [0.29, 0.717) is 25.7 Å². The monoisotopic (exact) mass is 203 g/mol. The molecule has 1 rings (SSSR count). The number of hydrogen-bond donors (Lipinski definition) is 2. The predicted molar refractivity (Wildman–Crippen MR) is 54.2 cm³/mol. The molecule has 4 heteroatoms. The van der Waals surface area contributed by atoms with E-state index in [9.17, 15) is 5.11 Å². The van der Waals surface area contributed by atoms with Gasteiger partial charge in [-0.15, -0.1) is 0 Å². The van der Waals surface area contributed by atoms with Gasteiger partial charge < -0.3 is 14.9 Å². The summed E-state index contributed by atoms with van der Waals surface area (Å²) in [5, 5.41) is 18.5. The van der Waals surface area contributed by atoms with Crippen molar-refractivity contribution < 1.29 is 14.9 Å². The summed E-state index contributed by atoms with van der Waals surface area (Å²) in [5.74, 6) is 0. The number of aliphatic hydroxyl groups is 2. The first kappa shape index (κ1) is 11.9. The van der Waals surface area contributed by atoms with Crippen molar-refractivity contribution in [1.82, 2.24) is 4.90 Å². The molecule has 4 nitrogen and oxygen atoms in total. The van der Waals surface area contributed by atoms with E-state index in [-0.39, 0.29) is 6.61 Å². The minimum absolute atomic E-state index is 0.163. The molecule has 84 valence electrons. The van der Waals surface area contributed by atoms with E-state index < -0.39 is 6.10 Å². The summed E-state index contributed by atoms with van der Waals surface area (Å²) in [6.45, 7) is 1.80. The Hall–Kier alpha value is -0.160. The molecule has 1 aliphatic carbocycles. The van der Waals surface area contributed by atoms with Crippen LogP contribution in [0.25, 0.3) is 0 Å². The highest BCUT2D eigenvalue weighted by atomic mass is 16.5. The van der Waals surface area contributed by atoms with Gasteiger partial charge in [0.15, 0.2) is 0 Å². The Bertz CT molecular complexity index is 150. The minimum Gasteiger partial charge on any atom is -0.395 e. The molecular weight excluding hydrogens is 182 g/mol. The van der Waals surface area contributed by atoms with Crippen molar-refractivity contribution in [3.05, 3.63) is 0 Å². The number of methoxy groups -OCH3 is 1. The van der Waals surface area contributed by atoms with Gasteiger partial charge in [-0.25, -0.2) is 0 Å². The van der Waals surface area contributed by atoms with E-state index in [1.54, 1.807) is 7.11 Å². The van der Waals surface area contributed by atoms with E-state index in [1.807, 2.05) is 0 Å². The van der Waals surface area contributed by atoms with Crippen molar-refractivity contribution in [3.8, 4) is 0 Å². The highest BCUT2D eigenvalue weighted by Gasteiger charge is 2.25.